The van der Waals surface area contributed by atoms with E-state index in [0.717, 1.165) is 30.3 Å². The quantitative estimate of drug-likeness (QED) is 0.643. The summed E-state index contributed by atoms with van der Waals surface area (Å²) in [5, 5.41) is 14.7. The third kappa shape index (κ3) is 2.45. The monoisotopic (exact) mass is 300 g/mol. The molecule has 1 amide bonds. The van der Waals surface area contributed by atoms with Crippen LogP contribution < -0.4 is 4.90 Å². The number of anilines is 1. The fourth-order valence-corrected chi connectivity index (χ4v) is 2.74. The number of para-hydroxylation sites is 1. The molecular weight excluding hydrogens is 284 g/mol. The van der Waals surface area contributed by atoms with Crippen molar-refractivity contribution in [1.29, 1.82) is 0 Å². The van der Waals surface area contributed by atoms with E-state index in [0.29, 0.717) is 6.54 Å². The van der Waals surface area contributed by atoms with Gasteiger partial charge in [-0.2, -0.15) is 5.10 Å². The second-order valence-electron chi connectivity index (χ2n) is 5.33. The molecule has 1 aromatic carbocycles. The fraction of sp³-hybridized carbons (Fsp3) is 0.333. The van der Waals surface area contributed by atoms with E-state index in [1.54, 1.807) is 11.8 Å². The number of amides is 1. The second kappa shape index (κ2) is 5.59. The number of nitro groups is 1. The van der Waals surface area contributed by atoms with Gasteiger partial charge in [-0.25, -0.2) is 0 Å². The van der Waals surface area contributed by atoms with E-state index in [9.17, 15) is 14.9 Å². The van der Waals surface area contributed by atoms with Crippen LogP contribution in [0.4, 0.5) is 11.4 Å². The van der Waals surface area contributed by atoms with Crippen LogP contribution in [-0.2, 0) is 11.2 Å². The number of aryl methyl sites for hydroxylation is 1. The van der Waals surface area contributed by atoms with Crippen molar-refractivity contribution < 1.29 is 9.72 Å². The lowest BCUT2D eigenvalue weighted by Gasteiger charge is -2.31. The van der Waals surface area contributed by atoms with Gasteiger partial charge in [-0.05, 0) is 31.4 Å². The van der Waals surface area contributed by atoms with Gasteiger partial charge in [0.1, 0.15) is 18.4 Å². The van der Waals surface area contributed by atoms with Crippen LogP contribution in [0.25, 0.3) is 0 Å². The molecule has 0 spiro atoms. The Labute approximate surface area is 127 Å². The third-order valence-electron chi connectivity index (χ3n) is 3.93. The van der Waals surface area contributed by atoms with Crippen LogP contribution in [-0.4, -0.2) is 27.2 Å². The molecule has 1 aliphatic heterocycles. The minimum absolute atomic E-state index is 0.106. The number of hydrogen-bond acceptors (Lipinski definition) is 4. The molecule has 0 saturated heterocycles. The Morgan fingerprint density at radius 1 is 1.41 bits per heavy atom. The maximum Gasteiger partial charge on any atom is 0.307 e. The van der Waals surface area contributed by atoms with Crippen LogP contribution in [0.1, 0.15) is 24.9 Å². The summed E-state index contributed by atoms with van der Waals surface area (Å²) in [7, 11) is 0. The van der Waals surface area contributed by atoms with Gasteiger partial charge in [0.05, 0.1) is 4.92 Å². The zero-order valence-electron chi connectivity index (χ0n) is 12.2. The van der Waals surface area contributed by atoms with E-state index >= 15 is 0 Å². The molecule has 0 N–H and O–H groups in total. The first-order valence-electron chi connectivity index (χ1n) is 7.16. The van der Waals surface area contributed by atoms with Crippen molar-refractivity contribution in [3.8, 4) is 0 Å². The molecular formula is C15H16N4O3. The highest BCUT2D eigenvalue weighted by molar-refractivity contribution is 5.97. The van der Waals surface area contributed by atoms with E-state index in [-0.39, 0.29) is 11.6 Å². The molecule has 3 rings (SSSR count). The minimum Gasteiger partial charge on any atom is -0.310 e. The van der Waals surface area contributed by atoms with Crippen molar-refractivity contribution >= 4 is 17.3 Å². The van der Waals surface area contributed by atoms with Crippen LogP contribution >= 0.6 is 0 Å². The first-order chi connectivity index (χ1) is 10.6. The van der Waals surface area contributed by atoms with Crippen LogP contribution in [0.5, 0.6) is 0 Å². The number of benzene rings is 1. The summed E-state index contributed by atoms with van der Waals surface area (Å²) in [4.78, 5) is 24.7. The zero-order chi connectivity index (χ0) is 15.7. The number of nitrogens with zero attached hydrogens (tertiary/aromatic N) is 4. The highest BCUT2D eigenvalue weighted by Crippen LogP contribution is 2.28. The predicted octanol–water partition coefficient (Wildman–Crippen LogP) is 2.33. The lowest BCUT2D eigenvalue weighted by Crippen LogP contribution is -2.39. The van der Waals surface area contributed by atoms with E-state index in [4.69, 9.17) is 0 Å². The molecule has 1 aliphatic rings. The number of aromatic nitrogens is 2. The van der Waals surface area contributed by atoms with Crippen molar-refractivity contribution in [3.05, 3.63) is 52.3 Å². The summed E-state index contributed by atoms with van der Waals surface area (Å²) in [6, 6.07) is 7.25. The van der Waals surface area contributed by atoms with E-state index in [1.165, 1.54) is 10.9 Å². The molecule has 22 heavy (non-hydrogen) atoms. The Bertz CT molecular complexity index is 725. The van der Waals surface area contributed by atoms with Gasteiger partial charge in [0.25, 0.3) is 5.91 Å². The Morgan fingerprint density at radius 3 is 2.91 bits per heavy atom. The molecule has 2 heterocycles. The van der Waals surface area contributed by atoms with Crippen molar-refractivity contribution in [2.24, 2.45) is 0 Å². The third-order valence-corrected chi connectivity index (χ3v) is 3.93. The second-order valence-corrected chi connectivity index (χ2v) is 5.33. The molecule has 1 aromatic heterocycles. The first-order valence-corrected chi connectivity index (χ1v) is 7.16. The topological polar surface area (TPSA) is 81.3 Å². The van der Waals surface area contributed by atoms with Gasteiger partial charge in [-0.3, -0.25) is 19.6 Å². The van der Waals surface area contributed by atoms with Gasteiger partial charge in [0.2, 0.25) is 0 Å². The van der Waals surface area contributed by atoms with E-state index in [2.05, 4.69) is 5.10 Å². The minimum atomic E-state index is -0.583. The lowest BCUT2D eigenvalue weighted by atomic mass is 10.0. The summed E-state index contributed by atoms with van der Waals surface area (Å²) in [5.41, 5.74) is 1.96. The van der Waals surface area contributed by atoms with Crippen molar-refractivity contribution in [1.82, 2.24) is 9.78 Å². The fourth-order valence-electron chi connectivity index (χ4n) is 2.74. The maximum atomic E-state index is 12.7. The van der Waals surface area contributed by atoms with E-state index < -0.39 is 11.0 Å². The lowest BCUT2D eigenvalue weighted by molar-refractivity contribution is -0.385. The maximum absolute atomic E-state index is 12.7. The SMILES string of the molecule is CC(C(=O)N1CCCc2ccccc21)n1cc([N+](=O)[O-])cn1. The average Bonchev–Trinajstić information content (AvgIpc) is 3.03. The van der Waals surface area contributed by atoms with Gasteiger partial charge in [0.15, 0.2) is 0 Å². The van der Waals surface area contributed by atoms with Gasteiger partial charge in [0, 0.05) is 12.2 Å². The van der Waals surface area contributed by atoms with Crippen LogP contribution in [0, 0.1) is 10.1 Å². The number of carbonyl (C=O) groups excluding carboxylic acids is 1. The number of fused-ring (bicyclic) bond motifs is 1. The van der Waals surface area contributed by atoms with Crippen molar-refractivity contribution in [3.63, 3.8) is 0 Å². The molecule has 7 nitrogen and oxygen atoms in total. The molecule has 0 bridgehead atoms. The normalized spacial score (nSPS) is 15.2. The Hall–Kier alpha value is -2.70. The Balaban J connectivity index is 1.86. The smallest absolute Gasteiger partial charge is 0.307 e. The van der Waals surface area contributed by atoms with Gasteiger partial charge < -0.3 is 4.90 Å². The van der Waals surface area contributed by atoms with Crippen LogP contribution in [0.3, 0.4) is 0 Å². The molecule has 0 saturated carbocycles. The van der Waals surface area contributed by atoms with Crippen LogP contribution in [0.15, 0.2) is 36.7 Å². The molecule has 7 heteroatoms. The molecule has 1 atom stereocenters. The van der Waals surface area contributed by atoms with Crippen LogP contribution in [0.2, 0.25) is 0 Å². The van der Waals surface area contributed by atoms with Crippen molar-refractivity contribution in [2.75, 3.05) is 11.4 Å². The summed E-state index contributed by atoms with van der Waals surface area (Å²) in [6.45, 7) is 2.36. The number of carbonyl (C=O) groups is 1. The number of rotatable bonds is 3. The predicted molar refractivity (Wildman–Crippen MR) is 80.7 cm³/mol. The zero-order valence-corrected chi connectivity index (χ0v) is 12.2. The molecule has 2 aromatic rings. The highest BCUT2D eigenvalue weighted by Gasteiger charge is 2.28. The highest BCUT2D eigenvalue weighted by atomic mass is 16.6. The first kappa shape index (κ1) is 14.2. The van der Waals surface area contributed by atoms with Gasteiger partial charge in [-0.15, -0.1) is 0 Å². The largest absolute Gasteiger partial charge is 0.310 e. The molecule has 0 radical (unpaired) electrons. The standard InChI is InChI=1S/C15H16N4O3/c1-11(18-10-13(9-16-18)19(21)22)15(20)17-8-4-6-12-5-2-3-7-14(12)17/h2-3,5,7,9-11H,4,6,8H2,1H3. The van der Waals surface area contributed by atoms with Crippen molar-refractivity contribution in [2.45, 2.75) is 25.8 Å². The summed E-state index contributed by atoms with van der Waals surface area (Å²) in [5.74, 6) is -0.106. The summed E-state index contributed by atoms with van der Waals surface area (Å²) < 4.78 is 1.34. The molecule has 1 unspecified atom stereocenters. The van der Waals surface area contributed by atoms with Gasteiger partial charge in [-0.1, -0.05) is 18.2 Å². The summed E-state index contributed by atoms with van der Waals surface area (Å²) >= 11 is 0. The van der Waals surface area contributed by atoms with E-state index in [1.807, 2.05) is 24.3 Å². The summed E-state index contributed by atoms with van der Waals surface area (Å²) in [6.07, 6.45) is 4.32. The molecule has 0 fully saturated rings. The number of hydrogen-bond donors (Lipinski definition) is 0. The molecule has 0 aliphatic carbocycles. The van der Waals surface area contributed by atoms with Gasteiger partial charge >= 0.3 is 5.69 Å². The molecule has 114 valence electrons. The Kier molecular flexibility index (Phi) is 3.62. The average molecular weight is 300 g/mol. The Morgan fingerprint density at radius 2 is 2.18 bits per heavy atom.